The molecule has 0 saturated heterocycles. The molecule has 0 amide bonds. The molecule has 2 rings (SSSR count). The summed E-state index contributed by atoms with van der Waals surface area (Å²) in [5.41, 5.74) is 2.42. The predicted molar refractivity (Wildman–Crippen MR) is 78.6 cm³/mol. The maximum atomic E-state index is 10.9. The fraction of sp³-hybridized carbons (Fsp3) is 0.200. The highest BCUT2D eigenvalue weighted by Crippen LogP contribution is 2.31. The zero-order valence-corrected chi connectivity index (χ0v) is 12.0. The molecule has 2 aromatic rings. The molecule has 0 unspecified atom stereocenters. The van der Waals surface area contributed by atoms with Crippen LogP contribution in [0.15, 0.2) is 36.4 Å². The van der Waals surface area contributed by atoms with Crippen molar-refractivity contribution in [3.63, 3.8) is 0 Å². The Labute approximate surface area is 122 Å². The van der Waals surface area contributed by atoms with Crippen LogP contribution in [0.1, 0.15) is 16.7 Å². The third kappa shape index (κ3) is 3.08. The Morgan fingerprint density at radius 3 is 2.35 bits per heavy atom. The van der Waals surface area contributed by atoms with Crippen LogP contribution in [-0.2, 0) is 5.88 Å². The van der Waals surface area contributed by atoms with E-state index in [2.05, 4.69) is 0 Å². The number of rotatable bonds is 4. The van der Waals surface area contributed by atoms with Crippen LogP contribution in [0.3, 0.4) is 0 Å². The molecule has 0 N–H and O–H groups in total. The van der Waals surface area contributed by atoms with Crippen molar-refractivity contribution in [2.75, 3.05) is 0 Å². The van der Waals surface area contributed by atoms with Crippen molar-refractivity contribution in [1.29, 1.82) is 0 Å². The van der Waals surface area contributed by atoms with E-state index in [9.17, 15) is 10.1 Å². The fourth-order valence-corrected chi connectivity index (χ4v) is 2.03. The molecule has 0 spiro atoms. The summed E-state index contributed by atoms with van der Waals surface area (Å²) >= 11 is 5.73. The van der Waals surface area contributed by atoms with Crippen LogP contribution in [0.4, 0.5) is 5.69 Å². The van der Waals surface area contributed by atoms with Crippen molar-refractivity contribution in [1.82, 2.24) is 0 Å². The van der Waals surface area contributed by atoms with Gasteiger partial charge in [-0.05, 0) is 43.2 Å². The van der Waals surface area contributed by atoms with Gasteiger partial charge in [0.25, 0.3) is 5.69 Å². The number of nitrogens with zero attached hydrogens (tertiary/aromatic N) is 1. The molecule has 0 aliphatic rings. The molecule has 2 aromatic carbocycles. The minimum Gasteiger partial charge on any atom is -0.457 e. The van der Waals surface area contributed by atoms with Gasteiger partial charge in [-0.1, -0.05) is 12.1 Å². The van der Waals surface area contributed by atoms with E-state index in [0.29, 0.717) is 22.9 Å². The lowest BCUT2D eigenvalue weighted by Crippen LogP contribution is -1.95. The minimum atomic E-state index is -0.388. The Balaban J connectivity index is 2.29. The zero-order valence-electron chi connectivity index (χ0n) is 11.2. The first-order valence-corrected chi connectivity index (χ1v) is 6.63. The van der Waals surface area contributed by atoms with Crippen molar-refractivity contribution < 1.29 is 9.66 Å². The van der Waals surface area contributed by atoms with E-state index in [-0.39, 0.29) is 10.6 Å². The van der Waals surface area contributed by atoms with Crippen LogP contribution in [0.5, 0.6) is 11.5 Å². The van der Waals surface area contributed by atoms with Crippen molar-refractivity contribution in [3.05, 3.63) is 63.2 Å². The van der Waals surface area contributed by atoms with Gasteiger partial charge in [0.2, 0.25) is 0 Å². The molecule has 0 fully saturated rings. The van der Waals surface area contributed by atoms with Gasteiger partial charge in [-0.2, -0.15) is 0 Å². The van der Waals surface area contributed by atoms with Gasteiger partial charge in [-0.15, -0.1) is 11.6 Å². The molecule has 0 bridgehead atoms. The smallest absolute Gasteiger partial charge is 0.272 e. The lowest BCUT2D eigenvalue weighted by molar-refractivity contribution is -0.385. The molecule has 104 valence electrons. The van der Waals surface area contributed by atoms with Crippen LogP contribution < -0.4 is 4.74 Å². The second-order valence-electron chi connectivity index (χ2n) is 4.54. The Hall–Kier alpha value is -2.07. The average molecular weight is 292 g/mol. The first kappa shape index (κ1) is 14.3. The van der Waals surface area contributed by atoms with E-state index >= 15 is 0 Å². The first-order valence-electron chi connectivity index (χ1n) is 6.09. The minimum absolute atomic E-state index is 0.104. The third-order valence-electron chi connectivity index (χ3n) is 3.00. The molecule has 0 atom stereocenters. The highest BCUT2D eigenvalue weighted by atomic mass is 35.5. The Kier molecular flexibility index (Phi) is 4.25. The number of ether oxygens (including phenoxy) is 1. The van der Waals surface area contributed by atoms with Crippen molar-refractivity contribution in [2.45, 2.75) is 19.7 Å². The summed E-state index contributed by atoms with van der Waals surface area (Å²) in [5.74, 6) is 1.75. The maximum absolute atomic E-state index is 10.9. The molecule has 5 heteroatoms. The quantitative estimate of drug-likeness (QED) is 0.464. The molecule has 0 aliphatic heterocycles. The molecule has 0 radical (unpaired) electrons. The molecule has 0 saturated carbocycles. The van der Waals surface area contributed by atoms with Gasteiger partial charge in [0.1, 0.15) is 11.5 Å². The Bertz CT molecular complexity index is 638. The van der Waals surface area contributed by atoms with E-state index in [0.717, 1.165) is 11.1 Å². The summed E-state index contributed by atoms with van der Waals surface area (Å²) in [5, 5.41) is 10.9. The highest BCUT2D eigenvalue weighted by Gasteiger charge is 2.14. The van der Waals surface area contributed by atoms with Gasteiger partial charge in [0.05, 0.1) is 4.92 Å². The van der Waals surface area contributed by atoms with Crippen molar-refractivity contribution in [2.24, 2.45) is 0 Å². The molecular formula is C15H14ClNO3. The number of halogens is 1. The number of hydrogen-bond acceptors (Lipinski definition) is 3. The van der Waals surface area contributed by atoms with Gasteiger partial charge in [-0.3, -0.25) is 10.1 Å². The zero-order chi connectivity index (χ0) is 14.7. The van der Waals surface area contributed by atoms with E-state index in [4.69, 9.17) is 16.3 Å². The fourth-order valence-electron chi connectivity index (χ4n) is 1.85. The third-order valence-corrected chi connectivity index (χ3v) is 3.30. The Morgan fingerprint density at radius 1 is 1.15 bits per heavy atom. The SMILES string of the molecule is Cc1cc([N+](=O)[O-])c(C)cc1Oc1ccc(CCl)cc1. The molecule has 0 aromatic heterocycles. The number of benzene rings is 2. The van der Waals surface area contributed by atoms with Gasteiger partial charge in [0.15, 0.2) is 0 Å². The van der Waals surface area contributed by atoms with Crippen LogP contribution >= 0.6 is 11.6 Å². The summed E-state index contributed by atoms with van der Waals surface area (Å²) in [6.45, 7) is 3.48. The second-order valence-corrected chi connectivity index (χ2v) is 4.81. The van der Waals surface area contributed by atoms with E-state index in [1.807, 2.05) is 24.3 Å². The molecule has 20 heavy (non-hydrogen) atoms. The lowest BCUT2D eigenvalue weighted by Gasteiger charge is -2.10. The number of alkyl halides is 1. The topological polar surface area (TPSA) is 52.4 Å². The van der Waals surface area contributed by atoms with Gasteiger partial charge >= 0.3 is 0 Å². The first-order chi connectivity index (χ1) is 9.51. The van der Waals surface area contributed by atoms with Crippen molar-refractivity contribution in [3.8, 4) is 11.5 Å². The highest BCUT2D eigenvalue weighted by molar-refractivity contribution is 6.17. The summed E-state index contributed by atoms with van der Waals surface area (Å²) in [7, 11) is 0. The summed E-state index contributed by atoms with van der Waals surface area (Å²) in [4.78, 5) is 10.5. The van der Waals surface area contributed by atoms with E-state index in [1.165, 1.54) is 6.07 Å². The summed E-state index contributed by atoms with van der Waals surface area (Å²) < 4.78 is 5.76. The molecule has 0 aliphatic carbocycles. The van der Waals surface area contributed by atoms with Crippen LogP contribution in [0, 0.1) is 24.0 Å². The molecule has 4 nitrogen and oxygen atoms in total. The normalized spacial score (nSPS) is 10.3. The number of hydrogen-bond donors (Lipinski definition) is 0. The Morgan fingerprint density at radius 2 is 1.80 bits per heavy atom. The van der Waals surface area contributed by atoms with Crippen molar-refractivity contribution >= 4 is 17.3 Å². The van der Waals surface area contributed by atoms with Gasteiger partial charge in [-0.25, -0.2) is 0 Å². The largest absolute Gasteiger partial charge is 0.457 e. The van der Waals surface area contributed by atoms with Crippen LogP contribution in [0.2, 0.25) is 0 Å². The lowest BCUT2D eigenvalue weighted by atomic mass is 10.1. The van der Waals surface area contributed by atoms with Crippen LogP contribution in [-0.4, -0.2) is 4.92 Å². The monoisotopic (exact) mass is 291 g/mol. The number of nitro groups is 1. The van der Waals surface area contributed by atoms with E-state index in [1.54, 1.807) is 19.9 Å². The van der Waals surface area contributed by atoms with Gasteiger partial charge in [0, 0.05) is 17.5 Å². The molecular weight excluding hydrogens is 278 g/mol. The van der Waals surface area contributed by atoms with Gasteiger partial charge < -0.3 is 4.74 Å². The number of aryl methyl sites for hydroxylation is 2. The standard InChI is InChI=1S/C15H14ClNO3/c1-10-8-15(11(2)7-14(10)17(18)19)20-13-5-3-12(9-16)4-6-13/h3-8H,9H2,1-2H3. The number of nitro benzene ring substituents is 1. The second kappa shape index (κ2) is 5.92. The van der Waals surface area contributed by atoms with Crippen LogP contribution in [0.25, 0.3) is 0 Å². The average Bonchev–Trinajstić information content (AvgIpc) is 2.43. The summed E-state index contributed by atoms with van der Waals surface area (Å²) in [6, 6.07) is 10.6. The maximum Gasteiger partial charge on any atom is 0.272 e. The summed E-state index contributed by atoms with van der Waals surface area (Å²) in [6.07, 6.45) is 0. The van der Waals surface area contributed by atoms with E-state index < -0.39 is 0 Å². The predicted octanol–water partition coefficient (Wildman–Crippen LogP) is 4.74. The molecule has 0 heterocycles.